The zero-order chi connectivity index (χ0) is 20.4. The van der Waals surface area contributed by atoms with E-state index in [1.165, 1.54) is 0 Å². The summed E-state index contributed by atoms with van der Waals surface area (Å²) in [5.74, 6) is 0. The minimum atomic E-state index is -0.730. The van der Waals surface area contributed by atoms with Crippen LogP contribution in [-0.2, 0) is 27.7 Å². The van der Waals surface area contributed by atoms with Gasteiger partial charge in [0, 0.05) is 6.61 Å². The fourth-order valence-corrected chi connectivity index (χ4v) is 9.34. The maximum Gasteiger partial charge on any atom is 0.158 e. The molecule has 0 saturated carbocycles. The van der Waals surface area contributed by atoms with Gasteiger partial charge < -0.3 is 4.43 Å². The molecule has 0 radical (unpaired) electrons. The first-order valence-corrected chi connectivity index (χ1v) is 14.4. The molecule has 0 fully saturated rings. The molecule has 0 unspecified atom stereocenters. The van der Waals surface area contributed by atoms with Crippen molar-refractivity contribution in [3.05, 3.63) is 40.0 Å². The number of rotatable bonds is 4. The molecule has 0 atom stereocenters. The monoisotopic (exact) mass is 450 g/mol. The molecule has 146 valence electrons. The fraction of sp³-hybridized carbons (Fsp3) is 0.652. The van der Waals surface area contributed by atoms with Crippen LogP contribution in [0.15, 0.2) is 40.0 Å². The smallest absolute Gasteiger partial charge is 0.158 e. The summed E-state index contributed by atoms with van der Waals surface area (Å²) >= 11 is -0.730. The van der Waals surface area contributed by atoms with Gasteiger partial charge in [-0.2, -0.15) is 0 Å². The molecule has 2 aliphatic carbocycles. The molecule has 26 heavy (non-hydrogen) atoms. The molecule has 0 N–H and O–H groups in total. The van der Waals surface area contributed by atoms with Crippen molar-refractivity contribution >= 4 is 9.76 Å². The van der Waals surface area contributed by atoms with E-state index in [9.17, 15) is 0 Å². The predicted molar refractivity (Wildman–Crippen MR) is 116 cm³/mol. The van der Waals surface area contributed by atoms with E-state index >= 15 is 0 Å². The second-order valence-corrected chi connectivity index (χ2v) is 12.7. The van der Waals surface area contributed by atoms with Gasteiger partial charge in [-0.15, -0.1) is 0 Å². The molecule has 0 spiro atoms. The molecule has 0 saturated heterocycles. The molecule has 3 heteroatoms. The van der Waals surface area contributed by atoms with Gasteiger partial charge in [0.15, 0.2) is 9.76 Å². The van der Waals surface area contributed by atoms with Crippen molar-refractivity contribution in [2.75, 3.05) is 6.61 Å². The molecule has 0 aliphatic heterocycles. The van der Waals surface area contributed by atoms with Crippen LogP contribution in [0, 0.1) is 10.8 Å². The average molecular weight is 452 g/mol. The number of hydrogen-bond donors (Lipinski definition) is 0. The zero-order valence-electron chi connectivity index (χ0n) is 19.3. The van der Waals surface area contributed by atoms with Gasteiger partial charge in [0.2, 0.25) is 0 Å². The maximum atomic E-state index is 4.97. The Hall–Kier alpha value is 0.0200. The van der Waals surface area contributed by atoms with E-state index in [-0.39, 0.29) is 20.6 Å². The average Bonchev–Trinajstić information content (AvgIpc) is 2.81. The topological polar surface area (TPSA) is 9.23 Å². The summed E-state index contributed by atoms with van der Waals surface area (Å²) in [5, 5.41) is 0. The van der Waals surface area contributed by atoms with Crippen molar-refractivity contribution in [3.63, 3.8) is 0 Å². The van der Waals surface area contributed by atoms with E-state index in [0.717, 1.165) is 6.61 Å². The van der Waals surface area contributed by atoms with Gasteiger partial charge in [0.05, 0.1) is 0 Å². The Labute approximate surface area is 177 Å². The van der Waals surface area contributed by atoms with Crippen LogP contribution in [0.3, 0.4) is 0 Å². The normalized spacial score (nSPS) is 22.0. The Morgan fingerprint density at radius 3 is 1.23 bits per heavy atom. The minimum Gasteiger partial charge on any atom is -0.425 e. The Kier molecular flexibility index (Phi) is 8.34. The first kappa shape index (κ1) is 24.1. The maximum absolute atomic E-state index is 4.97. The van der Waals surface area contributed by atoms with E-state index in [0.29, 0.717) is 0 Å². The number of allylic oxidation sites excluding steroid dienone is 8. The summed E-state index contributed by atoms with van der Waals surface area (Å²) in [7, 11) is -0.0860. The summed E-state index contributed by atoms with van der Waals surface area (Å²) in [5.41, 5.74) is 10.0. The van der Waals surface area contributed by atoms with Crippen molar-refractivity contribution < 1.29 is 27.7 Å². The van der Waals surface area contributed by atoms with Gasteiger partial charge in [-0.1, -0.05) is 6.55 Å². The third-order valence-electron chi connectivity index (χ3n) is 6.78. The molecular formula is C23H40OSiZr. The van der Waals surface area contributed by atoms with Crippen molar-refractivity contribution in [1.82, 2.24) is 0 Å². The summed E-state index contributed by atoms with van der Waals surface area (Å²) in [6.07, 6.45) is 0. The van der Waals surface area contributed by atoms with Crippen LogP contribution in [-0.4, -0.2) is 16.4 Å². The molecule has 0 aromatic heterocycles. The Morgan fingerprint density at radius 1 is 0.731 bits per heavy atom. The third kappa shape index (κ3) is 4.36. The van der Waals surface area contributed by atoms with E-state index < -0.39 is 23.2 Å². The van der Waals surface area contributed by atoms with E-state index in [1.54, 1.807) is 40.0 Å². The van der Waals surface area contributed by atoms with Crippen LogP contribution in [0.2, 0.25) is 6.55 Å². The molecule has 0 aromatic rings. The van der Waals surface area contributed by atoms with Crippen LogP contribution in [0.5, 0.6) is 0 Å². The Balaban J connectivity index is 0.000000597. The minimum absolute atomic E-state index is 0.0860. The van der Waals surface area contributed by atoms with Crippen LogP contribution < -0.4 is 0 Å². The molecule has 2 aliphatic rings. The summed E-state index contributed by atoms with van der Waals surface area (Å²) in [6, 6.07) is 0. The quantitative estimate of drug-likeness (QED) is 0.442. The van der Waals surface area contributed by atoms with E-state index in [1.807, 2.05) is 6.92 Å². The second-order valence-electron chi connectivity index (χ2n) is 8.66. The van der Waals surface area contributed by atoms with Crippen molar-refractivity contribution in [2.24, 2.45) is 10.8 Å². The van der Waals surface area contributed by atoms with Crippen molar-refractivity contribution in [1.29, 1.82) is 0 Å². The van der Waals surface area contributed by atoms with Gasteiger partial charge in [-0.3, -0.25) is 0 Å². The molecular weight excluding hydrogens is 412 g/mol. The van der Waals surface area contributed by atoms with Gasteiger partial charge in [0.1, 0.15) is 0 Å². The third-order valence-corrected chi connectivity index (χ3v) is 13.7. The SMILES string of the molecule is CC1=C(C)C(C)(C)[C]([Zr][C]2=C(C)C(C)=C(C)C2(C)C)=C1C.CCO[SiH2]C. The fourth-order valence-electron chi connectivity index (χ4n) is 4.02. The largest absolute Gasteiger partial charge is 0.425 e. The van der Waals surface area contributed by atoms with Crippen molar-refractivity contribution in [3.8, 4) is 0 Å². The van der Waals surface area contributed by atoms with E-state index in [2.05, 4.69) is 75.8 Å². The standard InChI is InChI=1S/2C10H15.C3H10OSi.Zr/c2*1-7-6-10(4,5)9(3)8(7)2;1-3-4-5-2;/h2*1-5H3;3,5H2,1-2H3;. The molecule has 2 rings (SSSR count). The first-order chi connectivity index (χ1) is 11.8. The van der Waals surface area contributed by atoms with Crippen molar-refractivity contribution in [2.45, 2.75) is 82.7 Å². The molecule has 0 heterocycles. The van der Waals surface area contributed by atoms with Gasteiger partial charge in [0.25, 0.3) is 0 Å². The van der Waals surface area contributed by atoms with Crippen LogP contribution in [0.25, 0.3) is 0 Å². The summed E-state index contributed by atoms with van der Waals surface area (Å²) in [4.78, 5) is 0. The Bertz CT molecular complexity index is 629. The molecule has 0 bridgehead atoms. The van der Waals surface area contributed by atoms with Crippen LogP contribution >= 0.6 is 0 Å². The molecule has 0 aromatic carbocycles. The summed E-state index contributed by atoms with van der Waals surface area (Å²) in [6.45, 7) is 28.8. The zero-order valence-corrected chi connectivity index (χ0v) is 23.2. The predicted octanol–water partition coefficient (Wildman–Crippen LogP) is 6.52. The Morgan fingerprint density at radius 2 is 1.08 bits per heavy atom. The first-order valence-electron chi connectivity index (χ1n) is 9.99. The van der Waals surface area contributed by atoms with E-state index in [4.69, 9.17) is 4.43 Å². The van der Waals surface area contributed by atoms with Gasteiger partial charge >= 0.3 is 143 Å². The number of hydrogen-bond acceptors (Lipinski definition) is 1. The molecule has 1 nitrogen and oxygen atoms in total. The van der Waals surface area contributed by atoms with Crippen LogP contribution in [0.4, 0.5) is 0 Å². The van der Waals surface area contributed by atoms with Gasteiger partial charge in [-0.05, 0) is 6.92 Å². The van der Waals surface area contributed by atoms with Crippen LogP contribution in [0.1, 0.15) is 76.2 Å². The molecule has 0 amide bonds. The second kappa shape index (κ2) is 9.01. The van der Waals surface area contributed by atoms with Gasteiger partial charge in [-0.25, -0.2) is 0 Å². The summed E-state index contributed by atoms with van der Waals surface area (Å²) < 4.78 is 8.57.